The first-order valence-electron chi connectivity index (χ1n) is 6.45. The number of hydrogen-bond donors (Lipinski definition) is 2. The molecule has 0 saturated heterocycles. The van der Waals surface area contributed by atoms with Crippen LogP contribution in [0, 0.1) is 0 Å². The van der Waals surface area contributed by atoms with Crippen molar-refractivity contribution < 1.29 is 0 Å². The van der Waals surface area contributed by atoms with Gasteiger partial charge in [0.05, 0.1) is 0 Å². The van der Waals surface area contributed by atoms with Gasteiger partial charge in [-0.3, -0.25) is 0 Å². The van der Waals surface area contributed by atoms with Crippen LogP contribution in [0.2, 0.25) is 0 Å². The fourth-order valence-electron chi connectivity index (χ4n) is 2.14. The molecule has 0 radical (unpaired) electrons. The van der Waals surface area contributed by atoms with Gasteiger partial charge in [0.15, 0.2) is 0 Å². The Hall–Kier alpha value is -1.87. The third-order valence-corrected chi connectivity index (χ3v) is 4.16. The molecule has 0 atom stereocenters. The average molecular weight is 268 g/mol. The first-order chi connectivity index (χ1) is 9.38. The lowest BCUT2D eigenvalue weighted by Gasteiger charge is -2.09. The lowest BCUT2D eigenvalue weighted by molar-refractivity contribution is 1.19. The summed E-state index contributed by atoms with van der Waals surface area (Å²) in [6.07, 6.45) is 2.08. The van der Waals surface area contributed by atoms with Crippen LogP contribution < -0.4 is 5.32 Å². The van der Waals surface area contributed by atoms with Gasteiger partial charge in [0.2, 0.25) is 0 Å². The summed E-state index contributed by atoms with van der Waals surface area (Å²) < 4.78 is 0. The van der Waals surface area contributed by atoms with Gasteiger partial charge in [0, 0.05) is 39.1 Å². The number of hydrogen-bond acceptors (Lipinski definition) is 2. The molecule has 3 aromatic rings. The third-order valence-electron chi connectivity index (χ3n) is 3.03. The molecule has 0 aliphatic heterocycles. The van der Waals surface area contributed by atoms with Crippen molar-refractivity contribution in [2.45, 2.75) is 16.7 Å². The molecule has 0 amide bonds. The van der Waals surface area contributed by atoms with Gasteiger partial charge in [-0.25, -0.2) is 0 Å². The molecular weight excluding hydrogens is 252 g/mol. The van der Waals surface area contributed by atoms with Crippen LogP contribution in [-0.2, 0) is 0 Å². The zero-order valence-electron chi connectivity index (χ0n) is 10.8. The molecule has 1 heterocycles. The summed E-state index contributed by atoms with van der Waals surface area (Å²) in [4.78, 5) is 5.84. The van der Waals surface area contributed by atoms with E-state index in [-0.39, 0.29) is 0 Å². The van der Waals surface area contributed by atoms with E-state index in [0.29, 0.717) is 0 Å². The molecule has 0 spiro atoms. The zero-order chi connectivity index (χ0) is 13.1. The number of H-pyrrole nitrogens is 1. The normalized spacial score (nSPS) is 10.8. The molecular formula is C16H16N2S. The van der Waals surface area contributed by atoms with Gasteiger partial charge >= 0.3 is 0 Å². The van der Waals surface area contributed by atoms with Gasteiger partial charge < -0.3 is 10.3 Å². The van der Waals surface area contributed by atoms with Gasteiger partial charge in [0.25, 0.3) is 0 Å². The Balaban J connectivity index is 1.97. The van der Waals surface area contributed by atoms with Crippen LogP contribution in [0.1, 0.15) is 6.92 Å². The SMILES string of the molecule is CCNc1ccccc1Sc1c[nH]c2ccccc12. The molecule has 0 bridgehead atoms. The topological polar surface area (TPSA) is 27.8 Å². The van der Waals surface area contributed by atoms with Gasteiger partial charge in [-0.1, -0.05) is 42.1 Å². The van der Waals surface area contributed by atoms with Crippen LogP contribution >= 0.6 is 11.8 Å². The predicted molar refractivity (Wildman–Crippen MR) is 83.0 cm³/mol. The maximum absolute atomic E-state index is 3.41. The lowest BCUT2D eigenvalue weighted by Crippen LogP contribution is -1.97. The maximum Gasteiger partial charge on any atom is 0.0481 e. The van der Waals surface area contributed by atoms with Crippen molar-refractivity contribution >= 4 is 28.4 Å². The summed E-state index contributed by atoms with van der Waals surface area (Å²) in [5.74, 6) is 0. The van der Waals surface area contributed by atoms with Gasteiger partial charge in [-0.05, 0) is 25.1 Å². The van der Waals surface area contributed by atoms with Crippen LogP contribution in [0.3, 0.4) is 0 Å². The molecule has 0 fully saturated rings. The molecule has 0 aliphatic carbocycles. The molecule has 3 rings (SSSR count). The summed E-state index contributed by atoms with van der Waals surface area (Å²) in [6.45, 7) is 3.05. The molecule has 0 saturated carbocycles. The highest BCUT2D eigenvalue weighted by Crippen LogP contribution is 2.37. The van der Waals surface area contributed by atoms with E-state index in [2.05, 4.69) is 72.0 Å². The number of fused-ring (bicyclic) bond motifs is 1. The van der Waals surface area contributed by atoms with Crippen molar-refractivity contribution in [3.8, 4) is 0 Å². The third kappa shape index (κ3) is 2.47. The van der Waals surface area contributed by atoms with E-state index in [0.717, 1.165) is 6.54 Å². The molecule has 1 aromatic heterocycles. The Morgan fingerprint density at radius 3 is 2.68 bits per heavy atom. The van der Waals surface area contributed by atoms with E-state index >= 15 is 0 Å². The first kappa shape index (κ1) is 12.2. The molecule has 0 aliphatic rings. The zero-order valence-corrected chi connectivity index (χ0v) is 11.6. The second-order valence-corrected chi connectivity index (χ2v) is 5.41. The van der Waals surface area contributed by atoms with E-state index in [1.54, 1.807) is 11.8 Å². The highest BCUT2D eigenvalue weighted by Gasteiger charge is 2.07. The second kappa shape index (κ2) is 5.41. The van der Waals surface area contributed by atoms with Crippen molar-refractivity contribution in [1.29, 1.82) is 0 Å². The minimum Gasteiger partial charge on any atom is -0.384 e. The summed E-state index contributed by atoms with van der Waals surface area (Å²) in [5.41, 5.74) is 2.38. The van der Waals surface area contributed by atoms with Crippen LogP contribution in [-0.4, -0.2) is 11.5 Å². The average Bonchev–Trinajstić information content (AvgIpc) is 2.85. The maximum atomic E-state index is 3.41. The summed E-state index contributed by atoms with van der Waals surface area (Å²) in [5, 5.41) is 4.68. The van der Waals surface area contributed by atoms with Crippen LogP contribution in [0.4, 0.5) is 5.69 Å². The van der Waals surface area contributed by atoms with Crippen molar-refractivity contribution in [2.24, 2.45) is 0 Å². The van der Waals surface area contributed by atoms with Gasteiger partial charge in [-0.15, -0.1) is 0 Å². The second-order valence-electron chi connectivity index (χ2n) is 4.33. The molecule has 0 unspecified atom stereocenters. The minimum atomic E-state index is 0.936. The van der Waals surface area contributed by atoms with E-state index in [9.17, 15) is 0 Å². The van der Waals surface area contributed by atoms with Crippen LogP contribution in [0.5, 0.6) is 0 Å². The number of para-hydroxylation sites is 2. The fourth-order valence-corrected chi connectivity index (χ4v) is 3.18. The molecule has 2 aromatic carbocycles. The predicted octanol–water partition coefficient (Wildman–Crippen LogP) is 4.75. The number of anilines is 1. The van der Waals surface area contributed by atoms with E-state index in [1.807, 2.05) is 0 Å². The monoisotopic (exact) mass is 268 g/mol. The highest BCUT2D eigenvalue weighted by molar-refractivity contribution is 7.99. The van der Waals surface area contributed by atoms with Crippen molar-refractivity contribution in [2.75, 3.05) is 11.9 Å². The fraction of sp³-hybridized carbons (Fsp3) is 0.125. The number of nitrogens with one attached hydrogen (secondary N) is 2. The number of benzene rings is 2. The summed E-state index contributed by atoms with van der Waals surface area (Å²) >= 11 is 1.80. The number of aromatic amines is 1. The Labute approximate surface area is 117 Å². The Morgan fingerprint density at radius 1 is 1.00 bits per heavy atom. The Bertz CT molecular complexity index is 688. The largest absolute Gasteiger partial charge is 0.384 e. The van der Waals surface area contributed by atoms with E-state index in [4.69, 9.17) is 0 Å². The minimum absolute atomic E-state index is 0.936. The quantitative estimate of drug-likeness (QED) is 0.714. The molecule has 96 valence electrons. The van der Waals surface area contributed by atoms with E-state index < -0.39 is 0 Å². The van der Waals surface area contributed by atoms with Crippen molar-refractivity contribution in [3.05, 3.63) is 54.7 Å². The van der Waals surface area contributed by atoms with Crippen LogP contribution in [0.25, 0.3) is 10.9 Å². The van der Waals surface area contributed by atoms with Gasteiger partial charge in [0.1, 0.15) is 0 Å². The number of aromatic nitrogens is 1. The van der Waals surface area contributed by atoms with Crippen molar-refractivity contribution in [1.82, 2.24) is 4.98 Å². The molecule has 19 heavy (non-hydrogen) atoms. The number of rotatable bonds is 4. The molecule has 2 N–H and O–H groups in total. The smallest absolute Gasteiger partial charge is 0.0481 e. The summed E-state index contributed by atoms with van der Waals surface area (Å²) in [6, 6.07) is 16.8. The Kier molecular flexibility index (Phi) is 3.47. The lowest BCUT2D eigenvalue weighted by atomic mass is 10.2. The Morgan fingerprint density at radius 2 is 1.79 bits per heavy atom. The first-order valence-corrected chi connectivity index (χ1v) is 7.27. The summed E-state index contributed by atoms with van der Waals surface area (Å²) in [7, 11) is 0. The standard InChI is InChI=1S/C16H16N2S/c1-2-17-14-9-5-6-10-15(14)19-16-11-18-13-8-4-3-7-12(13)16/h3-11,17-18H,2H2,1H3. The highest BCUT2D eigenvalue weighted by atomic mass is 32.2. The molecule has 3 heteroatoms. The van der Waals surface area contributed by atoms with Crippen molar-refractivity contribution in [3.63, 3.8) is 0 Å². The molecule has 2 nitrogen and oxygen atoms in total. The van der Waals surface area contributed by atoms with E-state index in [1.165, 1.54) is 26.4 Å². The van der Waals surface area contributed by atoms with Crippen LogP contribution in [0.15, 0.2) is 64.5 Å². The van der Waals surface area contributed by atoms with Gasteiger partial charge in [-0.2, -0.15) is 0 Å².